The van der Waals surface area contributed by atoms with Crippen LogP contribution in [0.4, 0.5) is 4.39 Å². The van der Waals surface area contributed by atoms with E-state index in [-0.39, 0.29) is 11.9 Å². The summed E-state index contributed by atoms with van der Waals surface area (Å²) in [5.41, 5.74) is 6.30. The molecule has 1 amide bonds. The summed E-state index contributed by atoms with van der Waals surface area (Å²) in [4.78, 5) is 14.1. The number of carbonyl (C=O) groups is 1. The summed E-state index contributed by atoms with van der Waals surface area (Å²) < 4.78 is 13.8. The minimum absolute atomic E-state index is 0.0808. The van der Waals surface area contributed by atoms with Crippen molar-refractivity contribution in [1.82, 2.24) is 4.90 Å². The van der Waals surface area contributed by atoms with Crippen LogP contribution in [0.15, 0.2) is 22.7 Å². The molecule has 2 rings (SSSR count). The second kappa shape index (κ2) is 6.01. The van der Waals surface area contributed by atoms with Gasteiger partial charge < -0.3 is 10.6 Å². The van der Waals surface area contributed by atoms with Crippen molar-refractivity contribution in [3.63, 3.8) is 0 Å². The van der Waals surface area contributed by atoms with Crippen LogP contribution in [0.5, 0.6) is 0 Å². The number of halogens is 2. The van der Waals surface area contributed by atoms with Gasteiger partial charge in [0, 0.05) is 24.7 Å². The van der Waals surface area contributed by atoms with E-state index in [1.165, 1.54) is 6.07 Å². The van der Waals surface area contributed by atoms with Crippen LogP contribution >= 0.6 is 15.9 Å². The number of hydrogen-bond acceptors (Lipinski definition) is 2. The highest BCUT2D eigenvalue weighted by molar-refractivity contribution is 9.10. The molecule has 0 saturated carbocycles. The summed E-state index contributed by atoms with van der Waals surface area (Å²) in [6, 6.07) is 4.57. The molecule has 1 saturated heterocycles. The topological polar surface area (TPSA) is 46.3 Å². The molecule has 0 spiro atoms. The molecule has 0 bridgehead atoms. The van der Waals surface area contributed by atoms with Gasteiger partial charge in [0.2, 0.25) is 0 Å². The van der Waals surface area contributed by atoms with Crippen LogP contribution in [0.2, 0.25) is 0 Å². The van der Waals surface area contributed by atoms with E-state index in [1.54, 1.807) is 17.0 Å². The Bertz CT molecular complexity index is 479. The molecule has 0 radical (unpaired) electrons. The Kier molecular flexibility index (Phi) is 4.58. The van der Waals surface area contributed by atoms with Gasteiger partial charge in [-0.25, -0.2) is 4.39 Å². The average Bonchev–Trinajstić information content (AvgIpc) is 2.41. The van der Waals surface area contributed by atoms with E-state index in [1.807, 2.05) is 6.92 Å². The molecule has 1 aromatic rings. The molecule has 0 aromatic heterocycles. The highest BCUT2D eigenvalue weighted by Crippen LogP contribution is 2.22. The molecular weight excluding hydrogens is 311 g/mol. The van der Waals surface area contributed by atoms with Crippen LogP contribution in [0, 0.1) is 11.7 Å². The molecule has 2 N–H and O–H groups in total. The molecule has 1 aliphatic heterocycles. The number of nitrogens with two attached hydrogens (primary N) is 1. The first-order chi connectivity index (χ1) is 8.99. The van der Waals surface area contributed by atoms with Crippen molar-refractivity contribution in [2.24, 2.45) is 11.7 Å². The van der Waals surface area contributed by atoms with E-state index in [0.717, 1.165) is 19.4 Å². The highest BCUT2D eigenvalue weighted by atomic mass is 79.9. The lowest BCUT2D eigenvalue weighted by molar-refractivity contribution is 0.0660. The molecule has 19 heavy (non-hydrogen) atoms. The van der Waals surface area contributed by atoms with Gasteiger partial charge in [0.1, 0.15) is 5.82 Å². The number of hydrogen-bond donors (Lipinski definition) is 1. The van der Waals surface area contributed by atoms with Gasteiger partial charge in [-0.1, -0.05) is 0 Å². The van der Waals surface area contributed by atoms with E-state index in [9.17, 15) is 9.18 Å². The average molecular weight is 329 g/mol. The summed E-state index contributed by atoms with van der Waals surface area (Å²) in [6.07, 6.45) is 2.01. The number of nitrogens with zero attached hydrogens (tertiary/aromatic N) is 1. The minimum Gasteiger partial charge on any atom is -0.338 e. The number of benzene rings is 1. The maximum absolute atomic E-state index is 13.5. The third-order valence-electron chi connectivity index (χ3n) is 3.66. The second-order valence-electron chi connectivity index (χ2n) is 5.14. The van der Waals surface area contributed by atoms with Gasteiger partial charge in [-0.2, -0.15) is 0 Å². The summed E-state index contributed by atoms with van der Waals surface area (Å²) in [5, 5.41) is 0. The molecular formula is C14H18BrFN2O. The normalized spacial score (nSPS) is 21.3. The van der Waals surface area contributed by atoms with E-state index in [0.29, 0.717) is 22.5 Å². The molecule has 1 heterocycles. The fourth-order valence-electron chi connectivity index (χ4n) is 2.44. The zero-order chi connectivity index (χ0) is 14.0. The Balaban J connectivity index is 2.12. The van der Waals surface area contributed by atoms with Crippen LogP contribution in [0.1, 0.15) is 30.1 Å². The Morgan fingerprint density at radius 3 is 2.95 bits per heavy atom. The van der Waals surface area contributed by atoms with E-state index < -0.39 is 5.82 Å². The largest absolute Gasteiger partial charge is 0.338 e. The Morgan fingerprint density at radius 2 is 2.32 bits per heavy atom. The summed E-state index contributed by atoms with van der Waals surface area (Å²) in [6.45, 7) is 3.35. The maximum Gasteiger partial charge on any atom is 0.253 e. The molecule has 1 fully saturated rings. The number of carbonyl (C=O) groups excluding carboxylic acids is 1. The van der Waals surface area contributed by atoms with Gasteiger partial charge in [-0.15, -0.1) is 0 Å². The quantitative estimate of drug-likeness (QED) is 0.907. The monoisotopic (exact) mass is 328 g/mol. The number of amides is 1. The standard InChI is InChI=1S/C14H18BrFN2O/c1-9(17)11-3-2-6-18(8-11)14(19)10-4-5-12(15)13(16)7-10/h4-5,7,9,11H,2-3,6,8,17H2,1H3/t9-,11+/m1/s1. The molecule has 1 aliphatic rings. The van der Waals surface area contributed by atoms with Crippen molar-refractivity contribution in [3.8, 4) is 0 Å². The van der Waals surface area contributed by atoms with Gasteiger partial charge in [0.25, 0.3) is 5.91 Å². The van der Waals surface area contributed by atoms with Crippen molar-refractivity contribution in [1.29, 1.82) is 0 Å². The molecule has 104 valence electrons. The van der Waals surface area contributed by atoms with Crippen molar-refractivity contribution < 1.29 is 9.18 Å². The molecule has 1 aromatic carbocycles. The first-order valence-corrected chi connectivity index (χ1v) is 7.28. The summed E-state index contributed by atoms with van der Waals surface area (Å²) >= 11 is 3.09. The molecule has 0 unspecified atom stereocenters. The Morgan fingerprint density at radius 1 is 1.58 bits per heavy atom. The van der Waals surface area contributed by atoms with Gasteiger partial charge in [-0.3, -0.25) is 4.79 Å². The SMILES string of the molecule is C[C@@H](N)[C@H]1CCCN(C(=O)c2ccc(Br)c(F)c2)C1. The zero-order valence-corrected chi connectivity index (χ0v) is 12.5. The van der Waals surface area contributed by atoms with Crippen LogP contribution < -0.4 is 5.73 Å². The van der Waals surface area contributed by atoms with Gasteiger partial charge in [0.15, 0.2) is 0 Å². The van der Waals surface area contributed by atoms with Crippen LogP contribution in [-0.2, 0) is 0 Å². The smallest absolute Gasteiger partial charge is 0.253 e. The Labute approximate surface area is 121 Å². The van der Waals surface area contributed by atoms with Crippen LogP contribution in [0.25, 0.3) is 0 Å². The molecule has 3 nitrogen and oxygen atoms in total. The van der Waals surface area contributed by atoms with Gasteiger partial charge >= 0.3 is 0 Å². The van der Waals surface area contributed by atoms with Crippen molar-refractivity contribution in [2.45, 2.75) is 25.8 Å². The molecule has 0 aliphatic carbocycles. The third kappa shape index (κ3) is 3.34. The summed E-state index contributed by atoms with van der Waals surface area (Å²) in [7, 11) is 0. The van der Waals surface area contributed by atoms with Gasteiger partial charge in [0.05, 0.1) is 4.47 Å². The second-order valence-corrected chi connectivity index (χ2v) is 6.00. The van der Waals surface area contributed by atoms with Gasteiger partial charge in [-0.05, 0) is 59.8 Å². The molecule has 2 atom stereocenters. The van der Waals surface area contributed by atoms with E-state index >= 15 is 0 Å². The first-order valence-electron chi connectivity index (χ1n) is 6.49. The minimum atomic E-state index is -0.411. The fraction of sp³-hybridized carbons (Fsp3) is 0.500. The van der Waals surface area contributed by atoms with E-state index in [4.69, 9.17) is 5.73 Å². The van der Waals surface area contributed by atoms with Crippen LogP contribution in [0.3, 0.4) is 0 Å². The predicted molar refractivity (Wildman–Crippen MR) is 76.4 cm³/mol. The highest BCUT2D eigenvalue weighted by Gasteiger charge is 2.26. The molecule has 5 heteroatoms. The summed E-state index contributed by atoms with van der Waals surface area (Å²) in [5.74, 6) is -0.193. The lowest BCUT2D eigenvalue weighted by Gasteiger charge is -2.34. The lowest BCUT2D eigenvalue weighted by atomic mass is 9.92. The maximum atomic E-state index is 13.5. The third-order valence-corrected chi connectivity index (χ3v) is 4.30. The van der Waals surface area contributed by atoms with Crippen molar-refractivity contribution >= 4 is 21.8 Å². The first kappa shape index (κ1) is 14.5. The number of piperidine rings is 1. The Hall–Kier alpha value is -0.940. The number of likely N-dealkylation sites (tertiary alicyclic amines) is 1. The van der Waals surface area contributed by atoms with Crippen molar-refractivity contribution in [2.75, 3.05) is 13.1 Å². The number of rotatable bonds is 2. The lowest BCUT2D eigenvalue weighted by Crippen LogP contribution is -2.45. The van der Waals surface area contributed by atoms with E-state index in [2.05, 4.69) is 15.9 Å². The zero-order valence-electron chi connectivity index (χ0n) is 10.9. The fourth-order valence-corrected chi connectivity index (χ4v) is 2.68. The van der Waals surface area contributed by atoms with Crippen molar-refractivity contribution in [3.05, 3.63) is 34.1 Å². The van der Waals surface area contributed by atoms with Crippen LogP contribution in [-0.4, -0.2) is 29.9 Å². The predicted octanol–water partition coefficient (Wildman–Crippen LogP) is 2.79.